The minimum Gasteiger partial charge on any atom is -0.490 e. The molecule has 1 aromatic carbocycles. The number of hydrogen-bond acceptors (Lipinski definition) is 2. The third-order valence-corrected chi connectivity index (χ3v) is 7.91. The van der Waals surface area contributed by atoms with Crippen molar-refractivity contribution < 1.29 is 27.9 Å². The largest absolute Gasteiger partial charge is 0.490 e. The van der Waals surface area contributed by atoms with E-state index in [4.69, 9.17) is 14.5 Å². The molecule has 0 radical (unpaired) electrons. The van der Waals surface area contributed by atoms with Gasteiger partial charge >= 0.3 is 7.60 Å². The van der Waals surface area contributed by atoms with Crippen LogP contribution in [0, 0.1) is 29.4 Å². The molecule has 0 aliphatic heterocycles. The molecule has 4 fully saturated rings. The molecule has 2 N–H and O–H groups in total. The van der Waals surface area contributed by atoms with Gasteiger partial charge in [0.1, 0.15) is 0 Å². The molecule has 7 heteroatoms. The van der Waals surface area contributed by atoms with Crippen molar-refractivity contribution in [3.63, 3.8) is 0 Å². The standard InChI is InChI=1S/C21H29F2O4P/c22-19-17(21-11-14-8-15(12-21)10-16(9-14)13-21)4-5-18(20(19)23)27-6-2-1-3-7-28(24,25)26/h4-5,14-16H,1-3,6-13H2,(H2,24,25,26)/t14-,15?,16?,21-. The second-order valence-corrected chi connectivity index (χ2v) is 11.0. The smallest absolute Gasteiger partial charge is 0.325 e. The van der Waals surface area contributed by atoms with Crippen molar-refractivity contribution in [1.82, 2.24) is 0 Å². The van der Waals surface area contributed by atoms with Crippen molar-refractivity contribution in [2.75, 3.05) is 12.8 Å². The highest BCUT2D eigenvalue weighted by Crippen LogP contribution is 2.61. The Morgan fingerprint density at radius 3 is 2.14 bits per heavy atom. The van der Waals surface area contributed by atoms with Gasteiger partial charge in [-0.3, -0.25) is 4.57 Å². The van der Waals surface area contributed by atoms with E-state index in [2.05, 4.69) is 0 Å². The summed E-state index contributed by atoms with van der Waals surface area (Å²) < 4.78 is 45.9. The first kappa shape index (κ1) is 20.3. The van der Waals surface area contributed by atoms with Gasteiger partial charge in [0.15, 0.2) is 11.6 Å². The van der Waals surface area contributed by atoms with Crippen LogP contribution in [0.15, 0.2) is 12.1 Å². The normalized spacial score (nSPS) is 31.4. The molecule has 0 amide bonds. The van der Waals surface area contributed by atoms with Gasteiger partial charge in [-0.1, -0.05) is 6.07 Å². The number of hydrogen-bond donors (Lipinski definition) is 2. The first-order chi connectivity index (χ1) is 13.3. The number of unbranched alkanes of at least 4 members (excludes halogenated alkanes) is 2. The van der Waals surface area contributed by atoms with Crippen LogP contribution in [0.25, 0.3) is 0 Å². The Morgan fingerprint density at radius 1 is 0.964 bits per heavy atom. The van der Waals surface area contributed by atoms with Crippen molar-refractivity contribution in [3.05, 3.63) is 29.3 Å². The van der Waals surface area contributed by atoms with Gasteiger partial charge in [-0.15, -0.1) is 0 Å². The maximum atomic E-state index is 15.0. The lowest BCUT2D eigenvalue weighted by Gasteiger charge is -2.57. The molecule has 4 bridgehead atoms. The van der Waals surface area contributed by atoms with E-state index in [1.165, 1.54) is 19.3 Å². The third kappa shape index (κ3) is 4.15. The summed E-state index contributed by atoms with van der Waals surface area (Å²) in [4.78, 5) is 17.6. The summed E-state index contributed by atoms with van der Waals surface area (Å²) in [7, 11) is -3.97. The van der Waals surface area contributed by atoms with Crippen molar-refractivity contribution >= 4 is 7.60 Å². The maximum Gasteiger partial charge on any atom is 0.325 e. The predicted octanol–water partition coefficient (Wildman–Crippen LogP) is 5.16. The first-order valence-electron chi connectivity index (χ1n) is 10.4. The zero-order chi connectivity index (χ0) is 19.9. The lowest BCUT2D eigenvalue weighted by Crippen LogP contribution is -2.49. The molecule has 0 heterocycles. The van der Waals surface area contributed by atoms with Crippen LogP contribution in [0.4, 0.5) is 8.78 Å². The quantitative estimate of drug-likeness (QED) is 0.456. The average molecular weight is 414 g/mol. The second-order valence-electron chi connectivity index (χ2n) is 9.23. The lowest BCUT2D eigenvalue weighted by molar-refractivity contribution is -0.00708. The molecular formula is C21H29F2O4P. The van der Waals surface area contributed by atoms with Gasteiger partial charge in [0.25, 0.3) is 0 Å². The fraction of sp³-hybridized carbons (Fsp3) is 0.714. The highest BCUT2D eigenvalue weighted by atomic mass is 31.2. The molecule has 4 aliphatic rings. The molecule has 28 heavy (non-hydrogen) atoms. The van der Waals surface area contributed by atoms with Crippen LogP contribution >= 0.6 is 7.60 Å². The summed E-state index contributed by atoms with van der Waals surface area (Å²) in [6.07, 6.45) is 8.05. The minimum atomic E-state index is -3.97. The van der Waals surface area contributed by atoms with E-state index in [1.807, 2.05) is 0 Å². The van der Waals surface area contributed by atoms with Crippen LogP contribution in [0.1, 0.15) is 63.4 Å². The lowest BCUT2D eigenvalue weighted by atomic mass is 9.48. The summed E-state index contributed by atoms with van der Waals surface area (Å²) >= 11 is 0. The van der Waals surface area contributed by atoms with E-state index in [1.54, 1.807) is 12.1 Å². The van der Waals surface area contributed by atoms with Gasteiger partial charge in [0.2, 0.25) is 5.82 Å². The van der Waals surface area contributed by atoms with Crippen LogP contribution in [-0.2, 0) is 9.98 Å². The highest BCUT2D eigenvalue weighted by Gasteiger charge is 2.52. The van der Waals surface area contributed by atoms with Crippen LogP contribution in [0.2, 0.25) is 0 Å². The van der Waals surface area contributed by atoms with E-state index in [0.29, 0.717) is 42.6 Å². The molecule has 0 aromatic heterocycles. The molecule has 1 aromatic rings. The summed E-state index contributed by atoms with van der Waals surface area (Å²) in [6, 6.07) is 3.29. The van der Waals surface area contributed by atoms with Gasteiger partial charge in [0.05, 0.1) is 6.61 Å². The SMILES string of the molecule is O=P(O)(O)CCCCCOc1ccc([C@]23CC4CC(C[C@H](C4)C2)C3)c(F)c1F. The number of benzene rings is 1. The summed E-state index contributed by atoms with van der Waals surface area (Å²) in [5.41, 5.74) is 0.346. The topological polar surface area (TPSA) is 66.8 Å². The van der Waals surface area contributed by atoms with Gasteiger partial charge in [0, 0.05) is 6.16 Å². The van der Waals surface area contributed by atoms with E-state index >= 15 is 0 Å². The fourth-order valence-electron chi connectivity index (χ4n) is 6.27. The molecule has 0 unspecified atom stereocenters. The zero-order valence-electron chi connectivity index (χ0n) is 16.1. The molecule has 0 saturated heterocycles. The first-order valence-corrected chi connectivity index (χ1v) is 12.2. The molecule has 0 spiro atoms. The molecule has 4 saturated carbocycles. The Kier molecular flexibility index (Phi) is 5.58. The van der Waals surface area contributed by atoms with Crippen LogP contribution < -0.4 is 4.74 Å². The maximum absolute atomic E-state index is 15.0. The Morgan fingerprint density at radius 2 is 1.57 bits per heavy atom. The molecular weight excluding hydrogens is 385 g/mol. The Labute approximate surface area is 164 Å². The molecule has 0 atom stereocenters. The fourth-order valence-corrected chi connectivity index (χ4v) is 6.91. The molecule has 156 valence electrons. The van der Waals surface area contributed by atoms with Gasteiger partial charge in [-0.2, -0.15) is 4.39 Å². The van der Waals surface area contributed by atoms with Gasteiger partial charge in [-0.05, 0) is 92.6 Å². The Bertz CT molecular complexity index is 741. The summed E-state index contributed by atoms with van der Waals surface area (Å²) in [5, 5.41) is 0. The van der Waals surface area contributed by atoms with Gasteiger partial charge < -0.3 is 14.5 Å². The van der Waals surface area contributed by atoms with Crippen molar-refractivity contribution in [2.45, 2.75) is 63.2 Å². The highest BCUT2D eigenvalue weighted by molar-refractivity contribution is 7.51. The monoisotopic (exact) mass is 414 g/mol. The van der Waals surface area contributed by atoms with Gasteiger partial charge in [-0.25, -0.2) is 4.39 Å². The van der Waals surface area contributed by atoms with E-state index in [9.17, 15) is 13.3 Å². The Hall–Kier alpha value is -0.970. The molecule has 4 aliphatic carbocycles. The van der Waals surface area contributed by atoms with Crippen LogP contribution in [0.3, 0.4) is 0 Å². The second kappa shape index (κ2) is 7.70. The number of ether oxygens (including phenoxy) is 1. The van der Waals surface area contributed by atoms with Crippen LogP contribution in [0.5, 0.6) is 5.75 Å². The van der Waals surface area contributed by atoms with E-state index in [0.717, 1.165) is 19.3 Å². The molecule has 4 nitrogen and oxygen atoms in total. The number of rotatable bonds is 8. The van der Waals surface area contributed by atoms with Crippen molar-refractivity contribution in [1.29, 1.82) is 0 Å². The number of halogens is 2. The van der Waals surface area contributed by atoms with E-state index in [-0.39, 0.29) is 23.9 Å². The third-order valence-electron chi connectivity index (χ3n) is 7.01. The van der Waals surface area contributed by atoms with Crippen molar-refractivity contribution in [2.24, 2.45) is 17.8 Å². The van der Waals surface area contributed by atoms with E-state index < -0.39 is 19.2 Å². The zero-order valence-corrected chi connectivity index (χ0v) is 17.0. The minimum absolute atomic E-state index is 0.0685. The predicted molar refractivity (Wildman–Crippen MR) is 102 cm³/mol. The molecule has 5 rings (SSSR count). The summed E-state index contributed by atoms with van der Waals surface area (Å²) in [6.45, 7) is 0.203. The Balaban J connectivity index is 1.38. The average Bonchev–Trinajstić information content (AvgIpc) is 2.59. The van der Waals surface area contributed by atoms with Crippen LogP contribution in [-0.4, -0.2) is 22.6 Å². The summed E-state index contributed by atoms with van der Waals surface area (Å²) in [5.74, 6) is 0.277. The van der Waals surface area contributed by atoms with Crippen molar-refractivity contribution in [3.8, 4) is 5.75 Å².